The Morgan fingerprint density at radius 1 is 1.30 bits per heavy atom. The summed E-state index contributed by atoms with van der Waals surface area (Å²) in [6, 6.07) is 7.04. The zero-order chi connectivity index (χ0) is 14.6. The number of nitrogens with one attached hydrogen (secondary N) is 2. The standard InChI is InChI=1S/C14H22N2O2S2/c1-3-15-12-7-4-5-8-13(12)20(17,18)16-11-14(19-2)9-6-10-14/h4-5,7-8,15-16H,3,6,9-11H2,1-2H3. The Labute approximate surface area is 125 Å². The van der Waals surface area contributed by atoms with Gasteiger partial charge in [0.1, 0.15) is 4.90 Å². The van der Waals surface area contributed by atoms with Gasteiger partial charge in [-0.2, -0.15) is 11.8 Å². The van der Waals surface area contributed by atoms with Crippen LogP contribution in [0, 0.1) is 0 Å². The lowest BCUT2D eigenvalue weighted by molar-refractivity contribution is 0.362. The van der Waals surface area contributed by atoms with Crippen LogP contribution < -0.4 is 10.0 Å². The summed E-state index contributed by atoms with van der Waals surface area (Å²) in [6.45, 7) is 3.16. The third-order valence-corrected chi connectivity index (χ3v) is 6.70. The largest absolute Gasteiger partial charge is 0.384 e. The number of para-hydroxylation sites is 1. The summed E-state index contributed by atoms with van der Waals surface area (Å²) in [5.41, 5.74) is 0.661. The van der Waals surface area contributed by atoms with Crippen molar-refractivity contribution in [3.63, 3.8) is 0 Å². The Balaban J connectivity index is 2.14. The highest BCUT2D eigenvalue weighted by Crippen LogP contribution is 2.42. The molecule has 0 bridgehead atoms. The van der Waals surface area contributed by atoms with Crippen molar-refractivity contribution in [1.82, 2.24) is 4.72 Å². The molecule has 0 aromatic heterocycles. The van der Waals surface area contributed by atoms with Crippen LogP contribution >= 0.6 is 11.8 Å². The Bertz CT molecular complexity index is 549. The molecule has 6 heteroatoms. The molecule has 0 atom stereocenters. The molecule has 20 heavy (non-hydrogen) atoms. The normalized spacial score (nSPS) is 17.5. The number of thioether (sulfide) groups is 1. The molecule has 1 aromatic rings. The van der Waals surface area contributed by atoms with Gasteiger partial charge < -0.3 is 5.32 Å². The average molecular weight is 314 g/mol. The van der Waals surface area contributed by atoms with Gasteiger partial charge in [0.25, 0.3) is 0 Å². The number of benzene rings is 1. The van der Waals surface area contributed by atoms with Crippen LogP contribution in [0.2, 0.25) is 0 Å². The van der Waals surface area contributed by atoms with Gasteiger partial charge in [-0.25, -0.2) is 13.1 Å². The monoisotopic (exact) mass is 314 g/mol. The second-order valence-corrected chi connectivity index (χ2v) is 8.10. The van der Waals surface area contributed by atoms with Crippen LogP contribution in [0.3, 0.4) is 0 Å². The molecule has 0 radical (unpaired) electrons. The van der Waals surface area contributed by atoms with Gasteiger partial charge in [0.05, 0.1) is 5.69 Å². The molecule has 0 amide bonds. The predicted octanol–water partition coefficient (Wildman–Crippen LogP) is 2.68. The van der Waals surface area contributed by atoms with Crippen molar-refractivity contribution >= 4 is 27.5 Å². The highest BCUT2D eigenvalue weighted by atomic mass is 32.2. The molecule has 2 rings (SSSR count). The highest BCUT2D eigenvalue weighted by molar-refractivity contribution is 8.00. The molecule has 0 unspecified atom stereocenters. The molecule has 2 N–H and O–H groups in total. The first kappa shape index (κ1) is 15.7. The third-order valence-electron chi connectivity index (χ3n) is 3.83. The zero-order valence-corrected chi connectivity index (χ0v) is 13.6. The molecule has 1 aromatic carbocycles. The Morgan fingerprint density at radius 3 is 2.55 bits per heavy atom. The Hall–Kier alpha value is -0.720. The molecule has 1 fully saturated rings. The molecular weight excluding hydrogens is 292 g/mol. The third kappa shape index (κ3) is 3.30. The van der Waals surface area contributed by atoms with Crippen molar-refractivity contribution in [2.45, 2.75) is 35.8 Å². The fourth-order valence-electron chi connectivity index (χ4n) is 2.37. The van der Waals surface area contributed by atoms with E-state index in [-0.39, 0.29) is 4.75 Å². The van der Waals surface area contributed by atoms with E-state index in [1.165, 1.54) is 6.42 Å². The van der Waals surface area contributed by atoms with E-state index in [0.29, 0.717) is 23.7 Å². The van der Waals surface area contributed by atoms with E-state index in [9.17, 15) is 8.42 Å². The predicted molar refractivity (Wildman–Crippen MR) is 85.9 cm³/mol. The molecule has 0 heterocycles. The van der Waals surface area contributed by atoms with Gasteiger partial charge in [-0.1, -0.05) is 18.6 Å². The van der Waals surface area contributed by atoms with Crippen LogP contribution in [0.5, 0.6) is 0 Å². The van der Waals surface area contributed by atoms with Gasteiger partial charge in [0.15, 0.2) is 0 Å². The van der Waals surface area contributed by atoms with Crippen molar-refractivity contribution in [3.8, 4) is 0 Å². The van der Waals surface area contributed by atoms with Crippen molar-refractivity contribution in [2.75, 3.05) is 24.7 Å². The van der Waals surface area contributed by atoms with Crippen molar-refractivity contribution in [2.24, 2.45) is 0 Å². The van der Waals surface area contributed by atoms with Crippen molar-refractivity contribution in [1.29, 1.82) is 0 Å². The van der Waals surface area contributed by atoms with Crippen molar-refractivity contribution in [3.05, 3.63) is 24.3 Å². The summed E-state index contributed by atoms with van der Waals surface area (Å²) >= 11 is 1.77. The second-order valence-electron chi connectivity index (χ2n) is 5.09. The molecule has 0 aliphatic heterocycles. The summed E-state index contributed by atoms with van der Waals surface area (Å²) in [7, 11) is -3.46. The van der Waals surface area contributed by atoms with E-state index in [0.717, 1.165) is 12.8 Å². The van der Waals surface area contributed by atoms with E-state index in [1.807, 2.05) is 13.0 Å². The molecule has 0 saturated heterocycles. The molecule has 0 spiro atoms. The summed E-state index contributed by atoms with van der Waals surface area (Å²) in [5.74, 6) is 0. The van der Waals surface area contributed by atoms with Gasteiger partial charge in [0.2, 0.25) is 10.0 Å². The molecular formula is C14H22N2O2S2. The molecule has 1 aliphatic carbocycles. The summed E-state index contributed by atoms with van der Waals surface area (Å²) in [5, 5.41) is 3.10. The lowest BCUT2D eigenvalue weighted by Crippen LogP contribution is -2.45. The second kappa shape index (κ2) is 6.37. The van der Waals surface area contributed by atoms with E-state index in [4.69, 9.17) is 0 Å². The van der Waals surface area contributed by atoms with Crippen LogP contribution in [0.15, 0.2) is 29.2 Å². The molecule has 1 aliphatic rings. The van der Waals surface area contributed by atoms with Crippen LogP contribution in [-0.4, -0.2) is 32.5 Å². The number of anilines is 1. The van der Waals surface area contributed by atoms with E-state index in [1.54, 1.807) is 30.0 Å². The van der Waals surface area contributed by atoms with E-state index < -0.39 is 10.0 Å². The van der Waals surface area contributed by atoms with Gasteiger partial charge in [0, 0.05) is 17.8 Å². The van der Waals surface area contributed by atoms with Crippen LogP contribution in [-0.2, 0) is 10.0 Å². The topological polar surface area (TPSA) is 58.2 Å². The molecule has 4 nitrogen and oxygen atoms in total. The zero-order valence-electron chi connectivity index (χ0n) is 12.0. The van der Waals surface area contributed by atoms with E-state index >= 15 is 0 Å². The van der Waals surface area contributed by atoms with Crippen LogP contribution in [0.25, 0.3) is 0 Å². The summed E-state index contributed by atoms with van der Waals surface area (Å²) in [6.07, 6.45) is 5.42. The van der Waals surface area contributed by atoms with E-state index in [2.05, 4.69) is 16.3 Å². The smallest absolute Gasteiger partial charge is 0.242 e. The number of hydrogen-bond acceptors (Lipinski definition) is 4. The highest BCUT2D eigenvalue weighted by Gasteiger charge is 2.37. The fourth-order valence-corrected chi connectivity index (χ4v) is 4.68. The SMILES string of the molecule is CCNc1ccccc1S(=O)(=O)NCC1(SC)CCC1. The fraction of sp³-hybridized carbons (Fsp3) is 0.571. The van der Waals surface area contributed by atoms with Crippen LogP contribution in [0.1, 0.15) is 26.2 Å². The van der Waals surface area contributed by atoms with Gasteiger partial charge in [-0.15, -0.1) is 0 Å². The first-order valence-corrected chi connectivity index (χ1v) is 9.61. The maximum Gasteiger partial charge on any atom is 0.242 e. The average Bonchev–Trinajstić information content (AvgIpc) is 2.39. The first-order valence-electron chi connectivity index (χ1n) is 6.91. The number of hydrogen-bond donors (Lipinski definition) is 2. The Morgan fingerprint density at radius 2 is 2.00 bits per heavy atom. The quantitative estimate of drug-likeness (QED) is 0.812. The number of rotatable bonds is 7. The summed E-state index contributed by atoms with van der Waals surface area (Å²) in [4.78, 5) is 0.331. The lowest BCUT2D eigenvalue weighted by Gasteiger charge is -2.40. The minimum atomic E-state index is -3.46. The maximum atomic E-state index is 12.5. The van der Waals surface area contributed by atoms with Gasteiger partial charge >= 0.3 is 0 Å². The first-order chi connectivity index (χ1) is 9.53. The minimum absolute atomic E-state index is 0.0974. The van der Waals surface area contributed by atoms with Crippen LogP contribution in [0.4, 0.5) is 5.69 Å². The Kier molecular flexibility index (Phi) is 4.99. The van der Waals surface area contributed by atoms with Crippen molar-refractivity contribution < 1.29 is 8.42 Å². The summed E-state index contributed by atoms with van der Waals surface area (Å²) < 4.78 is 27.8. The molecule has 112 valence electrons. The maximum absolute atomic E-state index is 12.5. The number of sulfonamides is 1. The lowest BCUT2D eigenvalue weighted by atomic mass is 9.84. The van der Waals surface area contributed by atoms with Gasteiger partial charge in [-0.05, 0) is 38.2 Å². The minimum Gasteiger partial charge on any atom is -0.384 e. The van der Waals surface area contributed by atoms with Gasteiger partial charge in [-0.3, -0.25) is 0 Å². The molecule has 1 saturated carbocycles.